The van der Waals surface area contributed by atoms with Crippen molar-refractivity contribution in [2.24, 2.45) is 0 Å². The van der Waals surface area contributed by atoms with Crippen LogP contribution in [0.5, 0.6) is 5.75 Å². The largest absolute Gasteiger partial charge is 0.496 e. The van der Waals surface area contributed by atoms with Gasteiger partial charge in [0.05, 0.1) is 13.2 Å². The smallest absolute Gasteiger partial charge is 0.280 e. The summed E-state index contributed by atoms with van der Waals surface area (Å²) in [5.41, 5.74) is 1.38. The molecule has 128 valence electrons. The monoisotopic (exact) mass is 340 g/mol. The van der Waals surface area contributed by atoms with Crippen molar-refractivity contribution in [1.29, 1.82) is 0 Å². The maximum atomic E-state index is 12.8. The van der Waals surface area contributed by atoms with Gasteiger partial charge in [-0.3, -0.25) is 4.79 Å². The number of nitrogens with zero attached hydrogens (tertiary/aromatic N) is 1. The topological polar surface area (TPSA) is 75.7 Å². The Kier molecular flexibility index (Phi) is 5.78. The number of ketones is 1. The lowest BCUT2D eigenvalue weighted by Gasteiger charge is -2.23. The SMILES string of the molecule is CCCNS(=O)(=O)N1CCCC1C(=O)c1ccc(OC)c(C)c1. The Hall–Kier alpha value is -1.44. The summed E-state index contributed by atoms with van der Waals surface area (Å²) in [5, 5.41) is 0. The van der Waals surface area contributed by atoms with E-state index >= 15 is 0 Å². The van der Waals surface area contributed by atoms with Crippen LogP contribution in [0.3, 0.4) is 0 Å². The lowest BCUT2D eigenvalue weighted by molar-refractivity contribution is 0.0917. The molecule has 0 amide bonds. The molecule has 7 heteroatoms. The Labute approximate surface area is 138 Å². The van der Waals surface area contributed by atoms with Crippen molar-refractivity contribution in [2.45, 2.75) is 39.2 Å². The summed E-state index contributed by atoms with van der Waals surface area (Å²) >= 11 is 0. The zero-order valence-electron chi connectivity index (χ0n) is 13.8. The van der Waals surface area contributed by atoms with Gasteiger partial charge in [-0.2, -0.15) is 12.7 Å². The van der Waals surface area contributed by atoms with Crippen molar-refractivity contribution in [3.05, 3.63) is 29.3 Å². The minimum absolute atomic E-state index is 0.157. The van der Waals surface area contributed by atoms with Gasteiger partial charge in [0.25, 0.3) is 10.2 Å². The molecule has 1 aliphatic rings. The quantitative estimate of drug-likeness (QED) is 0.769. The molecule has 1 atom stereocenters. The van der Waals surface area contributed by atoms with Crippen LogP contribution < -0.4 is 9.46 Å². The molecule has 2 rings (SSSR count). The lowest BCUT2D eigenvalue weighted by atomic mass is 10.0. The van der Waals surface area contributed by atoms with E-state index in [-0.39, 0.29) is 5.78 Å². The van der Waals surface area contributed by atoms with Crippen LogP contribution in [-0.4, -0.2) is 44.7 Å². The summed E-state index contributed by atoms with van der Waals surface area (Å²) in [6.07, 6.45) is 1.96. The van der Waals surface area contributed by atoms with Gasteiger partial charge in [0.15, 0.2) is 5.78 Å². The second kappa shape index (κ2) is 7.42. The number of nitrogens with one attached hydrogen (secondary N) is 1. The highest BCUT2D eigenvalue weighted by Gasteiger charge is 2.38. The fourth-order valence-electron chi connectivity index (χ4n) is 2.83. The average molecular weight is 340 g/mol. The van der Waals surface area contributed by atoms with Crippen LogP contribution in [0.2, 0.25) is 0 Å². The van der Waals surface area contributed by atoms with E-state index in [9.17, 15) is 13.2 Å². The molecule has 1 aliphatic heterocycles. The molecule has 1 fully saturated rings. The summed E-state index contributed by atoms with van der Waals surface area (Å²) < 4.78 is 33.7. The summed E-state index contributed by atoms with van der Waals surface area (Å²) in [6, 6.07) is 4.56. The average Bonchev–Trinajstić information content (AvgIpc) is 3.02. The zero-order chi connectivity index (χ0) is 17.0. The van der Waals surface area contributed by atoms with Crippen molar-refractivity contribution < 1.29 is 17.9 Å². The number of Topliss-reactive ketones (excluding diaryl/α,β-unsaturated/α-hetero) is 1. The van der Waals surface area contributed by atoms with Crippen molar-refractivity contribution in [3.63, 3.8) is 0 Å². The second-order valence-corrected chi connectivity index (χ2v) is 7.42. The summed E-state index contributed by atoms with van der Waals surface area (Å²) in [5.74, 6) is 0.553. The number of methoxy groups -OCH3 is 1. The number of hydrogen-bond donors (Lipinski definition) is 1. The van der Waals surface area contributed by atoms with Gasteiger partial charge in [-0.1, -0.05) is 6.92 Å². The number of rotatable bonds is 7. The minimum atomic E-state index is -3.61. The number of hydrogen-bond acceptors (Lipinski definition) is 4. The Morgan fingerprint density at radius 1 is 1.43 bits per heavy atom. The van der Waals surface area contributed by atoms with Crippen LogP contribution in [-0.2, 0) is 10.2 Å². The molecule has 1 aromatic rings. The molecule has 0 spiro atoms. The predicted molar refractivity (Wildman–Crippen MR) is 89.0 cm³/mol. The molecule has 0 bridgehead atoms. The van der Waals surface area contributed by atoms with Crippen molar-refractivity contribution in [2.75, 3.05) is 20.2 Å². The number of carbonyl (C=O) groups excluding carboxylic acids is 1. The van der Waals surface area contributed by atoms with Gasteiger partial charge in [0, 0.05) is 18.7 Å². The third-order valence-corrected chi connectivity index (χ3v) is 5.65. The molecule has 1 saturated heterocycles. The number of benzene rings is 1. The molecule has 0 saturated carbocycles. The lowest BCUT2D eigenvalue weighted by Crippen LogP contribution is -2.46. The minimum Gasteiger partial charge on any atom is -0.496 e. The van der Waals surface area contributed by atoms with E-state index in [2.05, 4.69) is 4.72 Å². The van der Waals surface area contributed by atoms with Gasteiger partial charge in [0.1, 0.15) is 5.75 Å². The Balaban J connectivity index is 2.22. The van der Waals surface area contributed by atoms with Gasteiger partial charge in [-0.05, 0) is 49.9 Å². The van der Waals surface area contributed by atoms with E-state index in [4.69, 9.17) is 4.74 Å². The van der Waals surface area contributed by atoms with Crippen molar-refractivity contribution in [3.8, 4) is 5.75 Å². The Morgan fingerprint density at radius 2 is 2.17 bits per heavy atom. The Morgan fingerprint density at radius 3 is 2.78 bits per heavy atom. The molecule has 0 aromatic heterocycles. The highest BCUT2D eigenvalue weighted by molar-refractivity contribution is 7.87. The molecule has 0 radical (unpaired) electrons. The number of ether oxygens (including phenoxy) is 1. The Bertz CT molecular complexity index is 673. The first kappa shape index (κ1) is 17.9. The molecule has 0 aliphatic carbocycles. The van der Waals surface area contributed by atoms with Gasteiger partial charge < -0.3 is 4.74 Å². The molecular formula is C16H24N2O4S. The van der Waals surface area contributed by atoms with Gasteiger partial charge in [-0.25, -0.2) is 4.72 Å². The van der Waals surface area contributed by atoms with Crippen LogP contribution in [0.15, 0.2) is 18.2 Å². The van der Waals surface area contributed by atoms with Gasteiger partial charge in [0.2, 0.25) is 0 Å². The first-order valence-electron chi connectivity index (χ1n) is 7.86. The van der Waals surface area contributed by atoms with E-state index in [1.807, 2.05) is 13.8 Å². The highest BCUT2D eigenvalue weighted by atomic mass is 32.2. The van der Waals surface area contributed by atoms with E-state index in [0.29, 0.717) is 43.7 Å². The first-order valence-corrected chi connectivity index (χ1v) is 9.30. The molecule has 1 unspecified atom stereocenters. The number of carbonyl (C=O) groups is 1. The molecule has 1 aromatic carbocycles. The van der Waals surface area contributed by atoms with E-state index in [1.54, 1.807) is 25.3 Å². The van der Waals surface area contributed by atoms with Crippen molar-refractivity contribution >= 4 is 16.0 Å². The molecular weight excluding hydrogens is 316 g/mol. The molecule has 23 heavy (non-hydrogen) atoms. The standard InChI is InChI=1S/C16H24N2O4S/c1-4-9-17-23(20,21)18-10-5-6-14(18)16(19)13-7-8-15(22-3)12(2)11-13/h7-8,11,14,17H,4-6,9-10H2,1-3H3. The second-order valence-electron chi connectivity index (χ2n) is 5.72. The van der Waals surface area contributed by atoms with Gasteiger partial charge >= 0.3 is 0 Å². The van der Waals surface area contributed by atoms with E-state index < -0.39 is 16.3 Å². The maximum absolute atomic E-state index is 12.8. The molecule has 1 N–H and O–H groups in total. The van der Waals surface area contributed by atoms with Gasteiger partial charge in [-0.15, -0.1) is 0 Å². The van der Waals surface area contributed by atoms with Crippen LogP contribution in [0.1, 0.15) is 42.1 Å². The first-order chi connectivity index (χ1) is 10.9. The fourth-order valence-corrected chi connectivity index (χ4v) is 4.36. The molecule has 6 nitrogen and oxygen atoms in total. The highest BCUT2D eigenvalue weighted by Crippen LogP contribution is 2.26. The summed E-state index contributed by atoms with van der Waals surface area (Å²) in [7, 11) is -2.03. The maximum Gasteiger partial charge on any atom is 0.280 e. The van der Waals surface area contributed by atoms with Crippen LogP contribution in [0, 0.1) is 6.92 Å². The normalized spacial score (nSPS) is 19.0. The van der Waals surface area contributed by atoms with Crippen LogP contribution in [0.4, 0.5) is 0 Å². The van der Waals surface area contributed by atoms with E-state index in [0.717, 1.165) is 5.56 Å². The third kappa shape index (κ3) is 3.91. The third-order valence-electron chi connectivity index (χ3n) is 4.03. The zero-order valence-corrected chi connectivity index (χ0v) is 14.6. The summed E-state index contributed by atoms with van der Waals surface area (Å²) in [6.45, 7) is 4.52. The van der Waals surface area contributed by atoms with E-state index in [1.165, 1.54) is 4.31 Å². The number of aryl methyl sites for hydroxylation is 1. The van der Waals surface area contributed by atoms with Crippen molar-refractivity contribution in [1.82, 2.24) is 9.03 Å². The van der Waals surface area contributed by atoms with Crippen LogP contribution >= 0.6 is 0 Å². The van der Waals surface area contributed by atoms with Crippen LogP contribution in [0.25, 0.3) is 0 Å². The summed E-state index contributed by atoms with van der Waals surface area (Å²) in [4.78, 5) is 12.8. The fraction of sp³-hybridized carbons (Fsp3) is 0.562. The predicted octanol–water partition coefficient (Wildman–Crippen LogP) is 1.90. The molecule has 1 heterocycles.